The van der Waals surface area contributed by atoms with Gasteiger partial charge in [0.1, 0.15) is 4.88 Å². The number of anilines is 1. The van der Waals surface area contributed by atoms with E-state index in [1.807, 2.05) is 32.0 Å². The van der Waals surface area contributed by atoms with Crippen molar-refractivity contribution >= 4 is 34.6 Å². The Labute approximate surface area is 114 Å². The van der Waals surface area contributed by atoms with Crippen LogP contribution in [0.2, 0.25) is 5.02 Å². The molecule has 94 valence electrons. The fourth-order valence-corrected chi connectivity index (χ4v) is 3.17. The number of hydrogen-bond donors (Lipinski definition) is 2. The molecular weight excluding hydrogens is 270 g/mol. The molecule has 0 aliphatic heterocycles. The third-order valence-electron chi connectivity index (χ3n) is 2.69. The van der Waals surface area contributed by atoms with Crippen molar-refractivity contribution in [1.29, 1.82) is 0 Å². The summed E-state index contributed by atoms with van der Waals surface area (Å²) in [6.07, 6.45) is 0. The lowest BCUT2D eigenvalue weighted by Gasteiger charge is -2.03. The van der Waals surface area contributed by atoms with Crippen molar-refractivity contribution in [3.8, 4) is 10.4 Å². The molecular formula is C13H12ClNO2S. The molecule has 0 unspecified atom stereocenters. The van der Waals surface area contributed by atoms with Crippen LogP contribution in [-0.4, -0.2) is 11.1 Å². The molecule has 2 aromatic rings. The maximum Gasteiger partial charge on any atom is 0.348 e. The van der Waals surface area contributed by atoms with Crippen molar-refractivity contribution in [1.82, 2.24) is 0 Å². The topological polar surface area (TPSA) is 63.3 Å². The van der Waals surface area contributed by atoms with Gasteiger partial charge in [-0.05, 0) is 42.7 Å². The lowest BCUT2D eigenvalue weighted by atomic mass is 10.1. The number of nitrogen functional groups attached to an aromatic ring is 1. The number of carbonyl (C=O) groups is 1. The lowest BCUT2D eigenvalue weighted by molar-refractivity contribution is 0.0703. The van der Waals surface area contributed by atoms with E-state index < -0.39 is 5.97 Å². The molecule has 2 rings (SSSR count). The minimum atomic E-state index is -0.995. The van der Waals surface area contributed by atoms with Crippen molar-refractivity contribution < 1.29 is 9.90 Å². The smallest absolute Gasteiger partial charge is 0.348 e. The third-order valence-corrected chi connectivity index (χ3v) is 4.25. The van der Waals surface area contributed by atoms with Crippen LogP contribution in [-0.2, 0) is 0 Å². The zero-order valence-electron chi connectivity index (χ0n) is 9.95. The van der Waals surface area contributed by atoms with E-state index in [1.54, 1.807) is 0 Å². The predicted molar refractivity (Wildman–Crippen MR) is 75.6 cm³/mol. The average Bonchev–Trinajstić information content (AvgIpc) is 2.55. The quantitative estimate of drug-likeness (QED) is 0.875. The molecule has 3 N–H and O–H groups in total. The van der Waals surface area contributed by atoms with Crippen molar-refractivity contribution in [3.05, 3.63) is 39.2 Å². The van der Waals surface area contributed by atoms with Crippen molar-refractivity contribution in [2.45, 2.75) is 13.8 Å². The third kappa shape index (κ3) is 2.21. The van der Waals surface area contributed by atoms with Gasteiger partial charge in [-0.15, -0.1) is 11.3 Å². The number of benzene rings is 1. The molecule has 0 atom stereocenters. The number of thiophene rings is 1. The molecule has 0 amide bonds. The number of carboxylic acid groups (broad SMARTS) is 1. The van der Waals surface area contributed by atoms with Crippen LogP contribution in [0.25, 0.3) is 10.4 Å². The predicted octanol–water partition coefficient (Wildman–Crippen LogP) is 3.97. The molecule has 1 aromatic carbocycles. The molecule has 0 saturated heterocycles. The molecule has 0 fully saturated rings. The van der Waals surface area contributed by atoms with Gasteiger partial charge < -0.3 is 10.8 Å². The van der Waals surface area contributed by atoms with Crippen LogP contribution in [0, 0.1) is 13.8 Å². The average molecular weight is 282 g/mol. The first-order valence-corrected chi connectivity index (χ1v) is 6.49. The van der Waals surface area contributed by atoms with Crippen LogP contribution in [0.1, 0.15) is 20.8 Å². The SMILES string of the molecule is Cc1cc(Cl)cc(-c2sc(C(=O)O)c(N)c2C)c1. The van der Waals surface area contributed by atoms with Crippen LogP contribution in [0.15, 0.2) is 18.2 Å². The zero-order valence-corrected chi connectivity index (χ0v) is 11.5. The number of aromatic carboxylic acids is 1. The second-order valence-electron chi connectivity index (χ2n) is 4.12. The molecule has 0 aliphatic rings. The highest BCUT2D eigenvalue weighted by Crippen LogP contribution is 2.39. The van der Waals surface area contributed by atoms with Crippen LogP contribution in [0.3, 0.4) is 0 Å². The van der Waals surface area contributed by atoms with E-state index in [-0.39, 0.29) is 4.88 Å². The van der Waals surface area contributed by atoms with Gasteiger partial charge in [-0.2, -0.15) is 0 Å². The molecule has 0 saturated carbocycles. The monoisotopic (exact) mass is 281 g/mol. The summed E-state index contributed by atoms with van der Waals surface area (Å²) in [6.45, 7) is 3.77. The molecule has 1 aromatic heterocycles. The van der Waals surface area contributed by atoms with Crippen LogP contribution in [0.5, 0.6) is 0 Å². The second kappa shape index (κ2) is 4.63. The molecule has 3 nitrogen and oxygen atoms in total. The minimum absolute atomic E-state index is 0.181. The molecule has 1 heterocycles. The minimum Gasteiger partial charge on any atom is -0.477 e. The normalized spacial score (nSPS) is 10.6. The first-order valence-electron chi connectivity index (χ1n) is 5.30. The number of carboxylic acids is 1. The Morgan fingerprint density at radius 3 is 2.50 bits per heavy atom. The van der Waals surface area contributed by atoms with E-state index in [0.717, 1.165) is 21.6 Å². The van der Waals surface area contributed by atoms with Gasteiger partial charge in [-0.1, -0.05) is 17.7 Å². The summed E-state index contributed by atoms with van der Waals surface area (Å²) in [4.78, 5) is 12.1. The van der Waals surface area contributed by atoms with Gasteiger partial charge in [-0.3, -0.25) is 0 Å². The maximum absolute atomic E-state index is 11.1. The highest BCUT2D eigenvalue weighted by Gasteiger charge is 2.18. The highest BCUT2D eigenvalue weighted by molar-refractivity contribution is 7.18. The zero-order chi connectivity index (χ0) is 13.4. The van der Waals surface area contributed by atoms with Gasteiger partial charge in [0.15, 0.2) is 0 Å². The van der Waals surface area contributed by atoms with E-state index in [9.17, 15) is 4.79 Å². The molecule has 0 radical (unpaired) electrons. The number of hydrogen-bond acceptors (Lipinski definition) is 3. The van der Waals surface area contributed by atoms with Gasteiger partial charge in [0.05, 0.1) is 5.69 Å². The Bertz CT molecular complexity index is 614. The summed E-state index contributed by atoms with van der Waals surface area (Å²) in [6, 6.07) is 5.64. The summed E-state index contributed by atoms with van der Waals surface area (Å²) < 4.78 is 0. The summed E-state index contributed by atoms with van der Waals surface area (Å²) >= 11 is 7.20. The molecule has 5 heteroatoms. The number of rotatable bonds is 2. The fraction of sp³-hybridized carbons (Fsp3) is 0.154. The van der Waals surface area contributed by atoms with E-state index in [0.29, 0.717) is 10.7 Å². The molecule has 0 spiro atoms. The van der Waals surface area contributed by atoms with E-state index in [2.05, 4.69) is 0 Å². The van der Waals surface area contributed by atoms with Crippen molar-refractivity contribution in [2.75, 3.05) is 5.73 Å². The second-order valence-corrected chi connectivity index (χ2v) is 5.58. The summed E-state index contributed by atoms with van der Waals surface area (Å²) in [7, 11) is 0. The Morgan fingerprint density at radius 1 is 1.33 bits per heavy atom. The largest absolute Gasteiger partial charge is 0.477 e. The number of halogens is 1. The van der Waals surface area contributed by atoms with Gasteiger partial charge in [0.2, 0.25) is 0 Å². The Kier molecular flexibility index (Phi) is 3.32. The van der Waals surface area contributed by atoms with E-state index in [4.69, 9.17) is 22.4 Å². The summed E-state index contributed by atoms with van der Waals surface area (Å²) in [5.74, 6) is -0.995. The summed E-state index contributed by atoms with van der Waals surface area (Å²) in [5.41, 5.74) is 8.87. The Hall–Kier alpha value is -1.52. The maximum atomic E-state index is 11.1. The molecule has 18 heavy (non-hydrogen) atoms. The number of nitrogens with two attached hydrogens (primary N) is 1. The first kappa shape index (κ1) is 12.9. The Morgan fingerprint density at radius 2 is 2.00 bits per heavy atom. The van der Waals surface area contributed by atoms with Crippen molar-refractivity contribution in [3.63, 3.8) is 0 Å². The van der Waals surface area contributed by atoms with Gasteiger partial charge in [-0.25, -0.2) is 4.79 Å². The Balaban J connectivity index is 2.64. The highest BCUT2D eigenvalue weighted by atomic mass is 35.5. The first-order chi connectivity index (χ1) is 8.40. The van der Waals surface area contributed by atoms with Gasteiger partial charge in [0, 0.05) is 9.90 Å². The van der Waals surface area contributed by atoms with Crippen LogP contribution >= 0.6 is 22.9 Å². The van der Waals surface area contributed by atoms with Crippen molar-refractivity contribution in [2.24, 2.45) is 0 Å². The van der Waals surface area contributed by atoms with Gasteiger partial charge in [0.25, 0.3) is 0 Å². The summed E-state index contributed by atoms with van der Waals surface area (Å²) in [5, 5.41) is 9.70. The molecule has 0 aliphatic carbocycles. The molecule has 0 bridgehead atoms. The standard InChI is InChI=1S/C13H12ClNO2S/c1-6-3-8(5-9(14)4-6)11-7(2)10(15)12(18-11)13(16)17/h3-5H,15H2,1-2H3,(H,16,17). The van der Waals surface area contributed by atoms with E-state index in [1.165, 1.54) is 11.3 Å². The van der Waals surface area contributed by atoms with Gasteiger partial charge >= 0.3 is 5.97 Å². The van der Waals surface area contributed by atoms with Crippen LogP contribution in [0.4, 0.5) is 5.69 Å². The van der Waals surface area contributed by atoms with Crippen LogP contribution < -0.4 is 5.73 Å². The van der Waals surface area contributed by atoms with E-state index >= 15 is 0 Å². The number of aryl methyl sites for hydroxylation is 1. The fourth-order valence-electron chi connectivity index (χ4n) is 1.83. The lowest BCUT2D eigenvalue weighted by Crippen LogP contribution is -1.97.